The zero-order valence-corrected chi connectivity index (χ0v) is 18.7. The Bertz CT molecular complexity index is 1210. The molecule has 1 aliphatic rings. The largest absolute Gasteiger partial charge is 0.441 e. The molecular weight excluding hydrogens is 457 g/mol. The van der Waals surface area contributed by atoms with E-state index in [-0.39, 0.29) is 43.4 Å². The second-order valence-corrected chi connectivity index (χ2v) is 9.68. The minimum absolute atomic E-state index is 0.112. The van der Waals surface area contributed by atoms with Crippen LogP contribution in [0.15, 0.2) is 64.0 Å². The smallest absolute Gasteiger partial charge is 0.246 e. The van der Waals surface area contributed by atoms with Gasteiger partial charge in [-0.25, -0.2) is 17.8 Å². The number of piperazine rings is 1. The van der Waals surface area contributed by atoms with Crippen LogP contribution in [0.5, 0.6) is 0 Å². The van der Waals surface area contributed by atoms with E-state index in [1.807, 2.05) is 12.1 Å². The lowest BCUT2D eigenvalue weighted by Crippen LogP contribution is -2.50. The van der Waals surface area contributed by atoms with E-state index in [0.29, 0.717) is 23.1 Å². The Kier molecular flexibility index (Phi) is 6.59. The maximum atomic E-state index is 13.9. The van der Waals surface area contributed by atoms with Crippen molar-refractivity contribution >= 4 is 27.5 Å². The van der Waals surface area contributed by atoms with Crippen LogP contribution in [0.25, 0.3) is 11.3 Å². The van der Waals surface area contributed by atoms with Crippen molar-refractivity contribution in [3.63, 3.8) is 0 Å². The molecule has 10 heteroatoms. The molecule has 168 valence electrons. The Morgan fingerprint density at radius 2 is 1.75 bits per heavy atom. The molecule has 1 fully saturated rings. The van der Waals surface area contributed by atoms with E-state index in [1.54, 1.807) is 23.2 Å². The van der Waals surface area contributed by atoms with Crippen molar-refractivity contribution in [2.24, 2.45) is 0 Å². The molecule has 32 heavy (non-hydrogen) atoms. The van der Waals surface area contributed by atoms with Crippen molar-refractivity contribution < 1.29 is 22.0 Å². The number of carbonyl (C=O) groups excluding carboxylic acids is 1. The lowest BCUT2D eigenvalue weighted by molar-refractivity contribution is -0.132. The zero-order valence-electron chi connectivity index (χ0n) is 17.1. The van der Waals surface area contributed by atoms with Crippen LogP contribution in [0.4, 0.5) is 4.39 Å². The minimum Gasteiger partial charge on any atom is -0.441 e. The van der Waals surface area contributed by atoms with Gasteiger partial charge in [0.25, 0.3) is 0 Å². The highest BCUT2D eigenvalue weighted by molar-refractivity contribution is 7.89. The van der Waals surface area contributed by atoms with Gasteiger partial charge in [-0.1, -0.05) is 23.7 Å². The molecule has 0 N–H and O–H groups in total. The van der Waals surface area contributed by atoms with Gasteiger partial charge in [0.15, 0.2) is 11.7 Å². The fourth-order valence-corrected chi connectivity index (χ4v) is 5.13. The van der Waals surface area contributed by atoms with Gasteiger partial charge in [0.05, 0.1) is 6.20 Å². The normalized spacial score (nSPS) is 15.1. The molecule has 4 rings (SSSR count). The number of benzene rings is 2. The Morgan fingerprint density at radius 1 is 1.06 bits per heavy atom. The van der Waals surface area contributed by atoms with E-state index < -0.39 is 15.8 Å². The summed E-state index contributed by atoms with van der Waals surface area (Å²) in [5.41, 5.74) is 0.840. The molecule has 0 saturated carbocycles. The van der Waals surface area contributed by atoms with Crippen molar-refractivity contribution in [1.29, 1.82) is 0 Å². The fraction of sp³-hybridized carbons (Fsp3) is 0.273. The zero-order chi connectivity index (χ0) is 22.7. The van der Waals surface area contributed by atoms with E-state index in [2.05, 4.69) is 4.98 Å². The molecule has 1 saturated heterocycles. The SMILES string of the molecule is O=C(CCc1ncc(-c2ccc(Cl)cc2)o1)N1CCN(S(=O)(=O)c2ccccc2F)CC1. The van der Waals surface area contributed by atoms with Crippen molar-refractivity contribution in [3.8, 4) is 11.3 Å². The highest BCUT2D eigenvalue weighted by Gasteiger charge is 2.31. The third-order valence-corrected chi connectivity index (χ3v) is 7.46. The second kappa shape index (κ2) is 9.40. The number of oxazole rings is 1. The summed E-state index contributed by atoms with van der Waals surface area (Å²) in [5.74, 6) is 0.147. The number of hydrogen-bond donors (Lipinski definition) is 0. The van der Waals surface area contributed by atoms with E-state index in [9.17, 15) is 17.6 Å². The first kappa shape index (κ1) is 22.4. The van der Waals surface area contributed by atoms with Crippen LogP contribution in [0.1, 0.15) is 12.3 Å². The number of halogens is 2. The van der Waals surface area contributed by atoms with E-state index in [1.165, 1.54) is 22.5 Å². The van der Waals surface area contributed by atoms with Gasteiger partial charge in [0, 0.05) is 49.6 Å². The average molecular weight is 478 g/mol. The van der Waals surface area contributed by atoms with Crippen molar-refractivity contribution in [2.45, 2.75) is 17.7 Å². The van der Waals surface area contributed by atoms with Gasteiger partial charge in [-0.05, 0) is 36.4 Å². The third-order valence-electron chi connectivity index (χ3n) is 5.28. The molecule has 0 spiro atoms. The summed E-state index contributed by atoms with van der Waals surface area (Å²) in [5, 5.41) is 0.626. The lowest BCUT2D eigenvalue weighted by atomic mass is 10.2. The Balaban J connectivity index is 1.31. The number of hydrogen-bond acceptors (Lipinski definition) is 5. The Hall–Kier alpha value is -2.75. The van der Waals surface area contributed by atoms with Crippen LogP contribution in [-0.2, 0) is 21.2 Å². The number of aromatic nitrogens is 1. The van der Waals surface area contributed by atoms with E-state index in [0.717, 1.165) is 11.6 Å². The van der Waals surface area contributed by atoms with Gasteiger partial charge in [-0.15, -0.1) is 0 Å². The van der Waals surface area contributed by atoms with Crippen molar-refractivity contribution in [1.82, 2.24) is 14.2 Å². The highest BCUT2D eigenvalue weighted by atomic mass is 35.5. The average Bonchev–Trinajstić information content (AvgIpc) is 3.27. The summed E-state index contributed by atoms with van der Waals surface area (Å²) < 4.78 is 46.3. The summed E-state index contributed by atoms with van der Waals surface area (Å²) in [4.78, 5) is 18.1. The van der Waals surface area contributed by atoms with Crippen LogP contribution >= 0.6 is 11.6 Å². The molecule has 0 atom stereocenters. The first-order valence-corrected chi connectivity index (χ1v) is 11.9. The van der Waals surface area contributed by atoms with Crippen molar-refractivity contribution in [3.05, 3.63) is 71.5 Å². The number of amides is 1. The molecule has 3 aromatic rings. The Labute approximate surface area is 190 Å². The number of carbonyl (C=O) groups is 1. The van der Waals surface area contributed by atoms with Crippen LogP contribution < -0.4 is 0 Å². The summed E-state index contributed by atoms with van der Waals surface area (Å²) in [6, 6.07) is 12.5. The molecule has 1 amide bonds. The van der Waals surface area contributed by atoms with E-state index in [4.69, 9.17) is 16.0 Å². The molecule has 1 aromatic heterocycles. The first-order valence-electron chi connectivity index (χ1n) is 10.1. The molecule has 0 radical (unpaired) electrons. The number of nitrogens with zero attached hydrogens (tertiary/aromatic N) is 3. The second-order valence-electron chi connectivity index (χ2n) is 7.34. The fourth-order valence-electron chi connectivity index (χ4n) is 3.52. The quantitative estimate of drug-likeness (QED) is 0.541. The van der Waals surface area contributed by atoms with Gasteiger partial charge < -0.3 is 9.32 Å². The van der Waals surface area contributed by atoms with Crippen molar-refractivity contribution in [2.75, 3.05) is 26.2 Å². The van der Waals surface area contributed by atoms with Gasteiger partial charge in [0.2, 0.25) is 15.9 Å². The van der Waals surface area contributed by atoms with E-state index >= 15 is 0 Å². The van der Waals surface area contributed by atoms with Crippen LogP contribution in [-0.4, -0.2) is 54.7 Å². The van der Waals surface area contributed by atoms with Crippen LogP contribution in [0.2, 0.25) is 5.02 Å². The predicted octanol–water partition coefficient (Wildman–Crippen LogP) is 3.60. The Morgan fingerprint density at radius 3 is 2.44 bits per heavy atom. The monoisotopic (exact) mass is 477 g/mol. The molecule has 1 aliphatic heterocycles. The molecular formula is C22H21ClFN3O4S. The highest BCUT2D eigenvalue weighted by Crippen LogP contribution is 2.23. The molecule has 0 unspecified atom stereocenters. The van der Waals surface area contributed by atoms with Crippen LogP contribution in [0.3, 0.4) is 0 Å². The molecule has 0 bridgehead atoms. The summed E-state index contributed by atoms with van der Waals surface area (Å²) >= 11 is 5.89. The van der Waals surface area contributed by atoms with Gasteiger partial charge in [-0.2, -0.15) is 4.31 Å². The summed E-state index contributed by atoms with van der Waals surface area (Å²) in [6.07, 6.45) is 2.14. The maximum absolute atomic E-state index is 13.9. The van der Waals surface area contributed by atoms with Gasteiger partial charge in [0.1, 0.15) is 10.7 Å². The summed E-state index contributed by atoms with van der Waals surface area (Å²) in [6.45, 7) is 0.715. The number of rotatable bonds is 6. The first-order chi connectivity index (χ1) is 15.3. The number of sulfonamides is 1. The number of aryl methyl sites for hydroxylation is 1. The van der Waals surface area contributed by atoms with Gasteiger partial charge in [-0.3, -0.25) is 4.79 Å². The minimum atomic E-state index is -3.94. The lowest BCUT2D eigenvalue weighted by Gasteiger charge is -2.34. The van der Waals surface area contributed by atoms with Crippen LogP contribution in [0, 0.1) is 5.82 Å². The third kappa shape index (κ3) is 4.85. The topological polar surface area (TPSA) is 83.7 Å². The standard InChI is InChI=1S/C22H21ClFN3O4S/c23-17-7-5-16(6-8-17)19-15-25-21(31-19)9-10-22(28)26-11-13-27(14-12-26)32(29,30)20-4-2-1-3-18(20)24/h1-8,15H,9-14H2. The van der Waals surface area contributed by atoms with Gasteiger partial charge >= 0.3 is 0 Å². The molecule has 7 nitrogen and oxygen atoms in total. The molecule has 2 heterocycles. The summed E-state index contributed by atoms with van der Waals surface area (Å²) in [7, 11) is -3.94. The molecule has 0 aliphatic carbocycles. The predicted molar refractivity (Wildman–Crippen MR) is 117 cm³/mol. The maximum Gasteiger partial charge on any atom is 0.246 e. The molecule has 2 aromatic carbocycles.